The van der Waals surface area contributed by atoms with Crippen LogP contribution in [0.3, 0.4) is 0 Å². The molecule has 0 saturated carbocycles. The van der Waals surface area contributed by atoms with E-state index in [0.29, 0.717) is 29.2 Å². The number of halogens is 1. The van der Waals surface area contributed by atoms with Crippen molar-refractivity contribution in [2.75, 3.05) is 6.79 Å². The van der Waals surface area contributed by atoms with E-state index in [2.05, 4.69) is 11.1 Å². The Morgan fingerprint density at radius 3 is 3.14 bits per heavy atom. The normalized spacial score (nSPS) is 13.9. The fraction of sp³-hybridized carbons (Fsp3) is 0.188. The number of hydrogen-bond acceptors (Lipinski definition) is 5. The maximum Gasteiger partial charge on any atom is 0.257 e. The molecule has 0 radical (unpaired) electrons. The summed E-state index contributed by atoms with van der Waals surface area (Å²) in [4.78, 5) is 4.46. The zero-order valence-corrected chi connectivity index (χ0v) is 13.1. The van der Waals surface area contributed by atoms with Crippen molar-refractivity contribution in [2.45, 2.75) is 17.6 Å². The minimum atomic E-state index is 0.315. The summed E-state index contributed by atoms with van der Waals surface area (Å²) in [6, 6.07) is 11.5. The minimum Gasteiger partial charge on any atom is -0.467 e. The first kappa shape index (κ1) is 13.9. The number of oxazole rings is 1. The van der Waals surface area contributed by atoms with Crippen molar-refractivity contribution in [3.05, 3.63) is 52.5 Å². The zero-order chi connectivity index (χ0) is 14.9. The number of nitrogens with zero attached hydrogens (tertiary/aromatic N) is 1. The highest BCUT2D eigenvalue weighted by atomic mass is 35.5. The van der Waals surface area contributed by atoms with Gasteiger partial charge in [-0.2, -0.15) is 0 Å². The van der Waals surface area contributed by atoms with Gasteiger partial charge in [-0.3, -0.25) is 0 Å². The van der Waals surface area contributed by atoms with E-state index in [1.165, 1.54) is 5.56 Å². The molecule has 2 aromatic carbocycles. The maximum absolute atomic E-state index is 5.96. The number of aromatic nitrogens is 1. The molecule has 0 bridgehead atoms. The molecule has 0 saturated heterocycles. The molecule has 4 nitrogen and oxygen atoms in total. The minimum absolute atomic E-state index is 0.315. The van der Waals surface area contributed by atoms with Crippen molar-refractivity contribution in [3.63, 3.8) is 0 Å². The smallest absolute Gasteiger partial charge is 0.257 e. The average Bonchev–Trinajstić information content (AvgIpc) is 2.95. The predicted molar refractivity (Wildman–Crippen MR) is 85.3 cm³/mol. The average molecular weight is 334 g/mol. The van der Waals surface area contributed by atoms with Crippen LogP contribution in [-0.2, 0) is 17.1 Å². The fourth-order valence-corrected chi connectivity index (χ4v) is 3.40. The third kappa shape index (κ3) is 2.67. The summed E-state index contributed by atoms with van der Waals surface area (Å²) < 4.78 is 16.6. The van der Waals surface area contributed by atoms with Gasteiger partial charge in [0, 0.05) is 22.4 Å². The first-order valence-corrected chi connectivity index (χ1v) is 8.16. The Morgan fingerprint density at radius 2 is 2.18 bits per heavy atom. The van der Waals surface area contributed by atoms with Crippen LogP contribution < -0.4 is 4.74 Å². The molecule has 0 amide bonds. The SMILES string of the molecule is Clc1ccc2nc(SCc3cccc4c3COCO4)oc2c1. The Labute approximate surface area is 136 Å². The van der Waals surface area contributed by atoms with Crippen LogP contribution >= 0.6 is 23.4 Å². The Kier molecular flexibility index (Phi) is 3.70. The van der Waals surface area contributed by atoms with Crippen LogP contribution in [0.2, 0.25) is 5.02 Å². The largest absolute Gasteiger partial charge is 0.467 e. The van der Waals surface area contributed by atoms with Gasteiger partial charge in [0.15, 0.2) is 12.4 Å². The highest BCUT2D eigenvalue weighted by Crippen LogP contribution is 2.32. The van der Waals surface area contributed by atoms with Gasteiger partial charge in [-0.15, -0.1) is 0 Å². The molecule has 6 heteroatoms. The van der Waals surface area contributed by atoms with E-state index in [1.54, 1.807) is 17.8 Å². The topological polar surface area (TPSA) is 44.5 Å². The van der Waals surface area contributed by atoms with Gasteiger partial charge in [-0.05, 0) is 23.8 Å². The number of fused-ring (bicyclic) bond motifs is 2. The lowest BCUT2D eigenvalue weighted by molar-refractivity contribution is -0.0167. The van der Waals surface area contributed by atoms with Crippen LogP contribution in [-0.4, -0.2) is 11.8 Å². The zero-order valence-electron chi connectivity index (χ0n) is 11.5. The molecule has 0 N–H and O–H groups in total. The van der Waals surface area contributed by atoms with Crippen LogP contribution in [0.1, 0.15) is 11.1 Å². The summed E-state index contributed by atoms with van der Waals surface area (Å²) in [5, 5.41) is 1.28. The number of ether oxygens (including phenoxy) is 2. The molecule has 22 heavy (non-hydrogen) atoms. The Morgan fingerprint density at radius 1 is 1.23 bits per heavy atom. The second-order valence-electron chi connectivity index (χ2n) is 4.88. The molecule has 0 unspecified atom stereocenters. The number of hydrogen-bond donors (Lipinski definition) is 0. The first-order chi connectivity index (χ1) is 10.8. The summed E-state index contributed by atoms with van der Waals surface area (Å²) in [5.41, 5.74) is 3.79. The second kappa shape index (κ2) is 5.83. The van der Waals surface area contributed by atoms with Gasteiger partial charge >= 0.3 is 0 Å². The lowest BCUT2D eigenvalue weighted by Gasteiger charge is -2.19. The number of thioether (sulfide) groups is 1. The van der Waals surface area contributed by atoms with Crippen LogP contribution in [0.4, 0.5) is 0 Å². The molecule has 0 spiro atoms. The molecule has 1 aromatic heterocycles. The Bertz CT molecular complexity index is 833. The van der Waals surface area contributed by atoms with Gasteiger partial charge in [0.2, 0.25) is 0 Å². The maximum atomic E-state index is 5.96. The quantitative estimate of drug-likeness (QED) is 0.653. The molecular weight excluding hydrogens is 322 g/mol. The van der Waals surface area contributed by atoms with Crippen LogP contribution in [0, 0.1) is 0 Å². The molecule has 3 aromatic rings. The predicted octanol–water partition coefficient (Wildman–Crippen LogP) is 4.64. The first-order valence-electron chi connectivity index (χ1n) is 6.80. The standard InChI is InChI=1S/C16H12ClNO3S/c17-11-4-5-13-15(6-11)21-16(18-13)22-8-10-2-1-3-14-12(10)7-19-9-20-14/h1-6H,7-9H2. The summed E-state index contributed by atoms with van der Waals surface area (Å²) in [5.74, 6) is 1.64. The number of rotatable bonds is 3. The third-order valence-electron chi connectivity index (χ3n) is 3.46. The molecule has 2 heterocycles. The molecule has 1 aliphatic heterocycles. The summed E-state index contributed by atoms with van der Waals surface area (Å²) in [6.45, 7) is 0.894. The van der Waals surface area contributed by atoms with Crippen LogP contribution in [0.15, 0.2) is 46.0 Å². The Hall–Kier alpha value is -1.69. The van der Waals surface area contributed by atoms with Gasteiger partial charge < -0.3 is 13.9 Å². The summed E-state index contributed by atoms with van der Waals surface area (Å²) in [7, 11) is 0. The van der Waals surface area contributed by atoms with Crippen LogP contribution in [0.25, 0.3) is 11.1 Å². The van der Waals surface area contributed by atoms with Gasteiger partial charge in [0.1, 0.15) is 11.3 Å². The van der Waals surface area contributed by atoms with Gasteiger partial charge in [0.05, 0.1) is 6.61 Å². The molecule has 112 valence electrons. The van der Waals surface area contributed by atoms with E-state index >= 15 is 0 Å². The van der Waals surface area contributed by atoms with E-state index in [-0.39, 0.29) is 0 Å². The number of benzene rings is 2. The third-order valence-corrected chi connectivity index (χ3v) is 4.57. The van der Waals surface area contributed by atoms with Crippen molar-refractivity contribution in [1.29, 1.82) is 0 Å². The highest BCUT2D eigenvalue weighted by molar-refractivity contribution is 7.98. The monoisotopic (exact) mass is 333 g/mol. The molecule has 1 aliphatic rings. The van der Waals surface area contributed by atoms with E-state index in [0.717, 1.165) is 22.6 Å². The molecule has 0 fully saturated rings. The lowest BCUT2D eigenvalue weighted by atomic mass is 10.1. The van der Waals surface area contributed by atoms with Crippen molar-refractivity contribution >= 4 is 34.5 Å². The fourth-order valence-electron chi connectivity index (χ4n) is 2.37. The molecule has 0 aliphatic carbocycles. The van der Waals surface area contributed by atoms with Gasteiger partial charge in [-0.25, -0.2) is 4.98 Å². The molecular formula is C16H12ClNO3S. The Balaban J connectivity index is 1.56. The van der Waals surface area contributed by atoms with Crippen molar-refractivity contribution in [3.8, 4) is 5.75 Å². The van der Waals surface area contributed by atoms with E-state index in [4.69, 9.17) is 25.5 Å². The van der Waals surface area contributed by atoms with Gasteiger partial charge in [-0.1, -0.05) is 35.5 Å². The molecule has 4 rings (SSSR count). The van der Waals surface area contributed by atoms with Crippen molar-refractivity contribution in [1.82, 2.24) is 4.98 Å². The lowest BCUT2D eigenvalue weighted by Crippen LogP contribution is -2.12. The highest BCUT2D eigenvalue weighted by Gasteiger charge is 2.15. The van der Waals surface area contributed by atoms with Crippen molar-refractivity contribution < 1.29 is 13.9 Å². The van der Waals surface area contributed by atoms with E-state index in [9.17, 15) is 0 Å². The van der Waals surface area contributed by atoms with E-state index < -0.39 is 0 Å². The summed E-state index contributed by atoms with van der Waals surface area (Å²) >= 11 is 7.50. The van der Waals surface area contributed by atoms with Crippen LogP contribution in [0.5, 0.6) is 5.75 Å². The van der Waals surface area contributed by atoms with E-state index in [1.807, 2.05) is 24.3 Å². The van der Waals surface area contributed by atoms with Gasteiger partial charge in [0.25, 0.3) is 5.22 Å². The summed E-state index contributed by atoms with van der Waals surface area (Å²) in [6.07, 6.45) is 0. The second-order valence-corrected chi connectivity index (χ2v) is 6.25. The molecule has 0 atom stereocenters. The van der Waals surface area contributed by atoms with Crippen molar-refractivity contribution in [2.24, 2.45) is 0 Å².